The van der Waals surface area contributed by atoms with Crippen LogP contribution in [-0.4, -0.2) is 18.2 Å². The van der Waals surface area contributed by atoms with Crippen LogP contribution in [0.1, 0.15) is 11.4 Å². The first-order chi connectivity index (χ1) is 12.4. The molecule has 1 N–H and O–H groups in total. The molecule has 3 aromatic rings. The molecule has 0 aliphatic rings. The molecule has 0 atom stereocenters. The van der Waals surface area contributed by atoms with Gasteiger partial charge in [-0.15, -0.1) is 0 Å². The quantitative estimate of drug-likeness (QED) is 0.682. The summed E-state index contributed by atoms with van der Waals surface area (Å²) < 4.78 is 29.4. The van der Waals surface area contributed by atoms with Gasteiger partial charge in [0.25, 0.3) is 10.0 Å². The van der Waals surface area contributed by atoms with Crippen LogP contribution in [0, 0.1) is 13.8 Å². The van der Waals surface area contributed by atoms with Gasteiger partial charge in [-0.1, -0.05) is 18.2 Å². The van der Waals surface area contributed by atoms with E-state index in [-0.39, 0.29) is 4.90 Å². The highest BCUT2D eigenvalue weighted by atomic mass is 32.2. The van der Waals surface area contributed by atoms with Gasteiger partial charge in [-0.2, -0.15) is 15.3 Å². The lowest BCUT2D eigenvalue weighted by molar-refractivity contribution is 0.599. The Bertz CT molecular complexity index is 1040. The van der Waals surface area contributed by atoms with Crippen molar-refractivity contribution in [3.8, 4) is 0 Å². The van der Waals surface area contributed by atoms with Gasteiger partial charge in [0.05, 0.1) is 22.8 Å². The highest BCUT2D eigenvalue weighted by Crippen LogP contribution is 2.24. The Labute approximate surface area is 152 Å². The van der Waals surface area contributed by atoms with Crippen molar-refractivity contribution in [1.82, 2.24) is 9.78 Å². The van der Waals surface area contributed by atoms with Crippen molar-refractivity contribution in [1.29, 1.82) is 0 Å². The number of sulfonamides is 1. The summed E-state index contributed by atoms with van der Waals surface area (Å²) in [6.45, 7) is 3.40. The second-order valence-electron chi connectivity index (χ2n) is 5.81. The number of aryl methyl sites for hydroxylation is 2. The summed E-state index contributed by atoms with van der Waals surface area (Å²) in [6, 6.07) is 16.1. The van der Waals surface area contributed by atoms with Crippen LogP contribution in [0.25, 0.3) is 0 Å². The smallest absolute Gasteiger partial charge is 0.265 e. The number of rotatable bonds is 5. The van der Waals surface area contributed by atoms with Gasteiger partial charge in [-0.3, -0.25) is 9.40 Å². The van der Waals surface area contributed by atoms with Gasteiger partial charge >= 0.3 is 0 Å². The fourth-order valence-corrected chi connectivity index (χ4v) is 4.05. The zero-order valence-electron chi connectivity index (χ0n) is 14.7. The first kappa shape index (κ1) is 17.8. The molecule has 0 fully saturated rings. The molecule has 7 nitrogen and oxygen atoms in total. The van der Waals surface area contributed by atoms with Crippen molar-refractivity contribution in [3.63, 3.8) is 0 Å². The molecule has 1 aromatic heterocycles. The van der Waals surface area contributed by atoms with E-state index < -0.39 is 10.0 Å². The molecule has 0 spiro atoms. The Hall–Kier alpha value is -3.00. The molecule has 1 heterocycles. The van der Waals surface area contributed by atoms with Crippen LogP contribution in [0.5, 0.6) is 0 Å². The minimum Gasteiger partial charge on any atom is -0.280 e. The number of benzene rings is 2. The van der Waals surface area contributed by atoms with Crippen LogP contribution < -0.4 is 4.72 Å². The lowest BCUT2D eigenvalue weighted by Crippen LogP contribution is -2.14. The minimum atomic E-state index is -3.71. The maximum atomic E-state index is 12.6. The Morgan fingerprint density at radius 1 is 0.923 bits per heavy atom. The number of hydrogen-bond donors (Lipinski definition) is 1. The SMILES string of the molecule is Cc1nn(C)c(C)c1S(=O)(=O)Nc1ccc(N=Nc2ccccc2)cc1. The zero-order chi connectivity index (χ0) is 18.7. The average Bonchev–Trinajstić information content (AvgIpc) is 2.87. The number of hydrogen-bond acceptors (Lipinski definition) is 5. The molecule has 0 amide bonds. The Kier molecular flexibility index (Phi) is 4.85. The monoisotopic (exact) mass is 369 g/mol. The van der Waals surface area contributed by atoms with Crippen molar-refractivity contribution in [2.45, 2.75) is 18.7 Å². The third kappa shape index (κ3) is 3.80. The van der Waals surface area contributed by atoms with Gasteiger partial charge in [0.15, 0.2) is 0 Å². The number of nitrogens with one attached hydrogen (secondary N) is 1. The maximum absolute atomic E-state index is 12.6. The van der Waals surface area contributed by atoms with Crippen molar-refractivity contribution >= 4 is 27.1 Å². The zero-order valence-corrected chi connectivity index (χ0v) is 15.5. The summed E-state index contributed by atoms with van der Waals surface area (Å²) in [5.74, 6) is 0. The predicted molar refractivity (Wildman–Crippen MR) is 101 cm³/mol. The first-order valence-electron chi connectivity index (χ1n) is 7.97. The van der Waals surface area contributed by atoms with Gasteiger partial charge in [0.2, 0.25) is 0 Å². The van der Waals surface area contributed by atoms with Crippen LogP contribution in [0.4, 0.5) is 17.1 Å². The van der Waals surface area contributed by atoms with E-state index in [1.165, 1.54) is 0 Å². The van der Waals surface area contributed by atoms with Crippen LogP contribution >= 0.6 is 0 Å². The van der Waals surface area contributed by atoms with E-state index in [4.69, 9.17) is 0 Å². The molecule has 26 heavy (non-hydrogen) atoms. The van der Waals surface area contributed by atoms with E-state index in [9.17, 15) is 8.42 Å². The Balaban J connectivity index is 1.78. The van der Waals surface area contributed by atoms with E-state index in [0.717, 1.165) is 5.69 Å². The van der Waals surface area contributed by atoms with Crippen LogP contribution in [-0.2, 0) is 17.1 Å². The van der Waals surface area contributed by atoms with E-state index in [1.807, 2.05) is 30.3 Å². The van der Waals surface area contributed by atoms with Gasteiger partial charge in [-0.05, 0) is 50.2 Å². The van der Waals surface area contributed by atoms with Crippen molar-refractivity contribution in [2.24, 2.45) is 17.3 Å². The highest BCUT2D eigenvalue weighted by Gasteiger charge is 2.23. The molecular weight excluding hydrogens is 350 g/mol. The van der Waals surface area contributed by atoms with Crippen molar-refractivity contribution < 1.29 is 8.42 Å². The van der Waals surface area contributed by atoms with Crippen LogP contribution in [0.3, 0.4) is 0 Å². The topological polar surface area (TPSA) is 88.7 Å². The summed E-state index contributed by atoms with van der Waals surface area (Å²) in [6.07, 6.45) is 0. The molecule has 0 saturated carbocycles. The Morgan fingerprint density at radius 2 is 1.50 bits per heavy atom. The Morgan fingerprint density at radius 3 is 2.04 bits per heavy atom. The highest BCUT2D eigenvalue weighted by molar-refractivity contribution is 7.92. The van der Waals surface area contributed by atoms with Crippen molar-refractivity contribution in [3.05, 3.63) is 66.0 Å². The average molecular weight is 369 g/mol. The maximum Gasteiger partial charge on any atom is 0.265 e. The number of aromatic nitrogens is 2. The summed E-state index contributed by atoms with van der Waals surface area (Å²) >= 11 is 0. The molecule has 2 aromatic carbocycles. The first-order valence-corrected chi connectivity index (χ1v) is 9.45. The lowest BCUT2D eigenvalue weighted by atomic mass is 10.3. The van der Waals surface area contributed by atoms with Crippen LogP contribution in [0.2, 0.25) is 0 Å². The number of azo groups is 1. The van der Waals surface area contributed by atoms with Gasteiger partial charge in [0, 0.05) is 12.7 Å². The van der Waals surface area contributed by atoms with Gasteiger partial charge in [-0.25, -0.2) is 8.42 Å². The second-order valence-corrected chi connectivity index (χ2v) is 7.43. The van der Waals surface area contributed by atoms with E-state index in [2.05, 4.69) is 20.0 Å². The van der Waals surface area contributed by atoms with Crippen molar-refractivity contribution in [2.75, 3.05) is 4.72 Å². The molecule has 8 heteroatoms. The molecule has 0 aliphatic heterocycles. The summed E-state index contributed by atoms with van der Waals surface area (Å²) in [5.41, 5.74) is 2.88. The third-order valence-corrected chi connectivity index (χ3v) is 5.50. The fraction of sp³-hybridized carbons (Fsp3) is 0.167. The molecule has 0 unspecified atom stereocenters. The van der Waals surface area contributed by atoms with Gasteiger partial charge in [0.1, 0.15) is 4.90 Å². The molecule has 3 rings (SSSR count). The summed E-state index contributed by atoms with van der Waals surface area (Å²) in [4.78, 5) is 0.202. The molecule has 0 aliphatic carbocycles. The predicted octanol–water partition coefficient (Wildman–Crippen LogP) is 4.25. The molecule has 0 saturated heterocycles. The largest absolute Gasteiger partial charge is 0.280 e. The van der Waals surface area contributed by atoms with E-state index in [0.29, 0.717) is 22.8 Å². The number of nitrogens with zero attached hydrogens (tertiary/aromatic N) is 4. The second kappa shape index (κ2) is 7.09. The minimum absolute atomic E-state index is 0.202. The van der Waals surface area contributed by atoms with E-state index >= 15 is 0 Å². The molecule has 0 radical (unpaired) electrons. The van der Waals surface area contributed by atoms with E-state index in [1.54, 1.807) is 49.8 Å². The molecular formula is C18H19N5O2S. The van der Waals surface area contributed by atoms with Crippen LogP contribution in [0.15, 0.2) is 69.7 Å². The standard InChI is InChI=1S/C18H19N5O2S/c1-13-18(14(2)23(3)21-13)26(24,25)22-17-11-9-16(10-12-17)20-19-15-7-5-4-6-8-15/h4-12,22H,1-3H3. The summed E-state index contributed by atoms with van der Waals surface area (Å²) in [7, 11) is -1.99. The third-order valence-electron chi connectivity index (χ3n) is 3.87. The normalized spacial score (nSPS) is 11.8. The van der Waals surface area contributed by atoms with Gasteiger partial charge < -0.3 is 0 Å². The fourth-order valence-electron chi connectivity index (χ4n) is 2.56. The summed E-state index contributed by atoms with van der Waals surface area (Å²) in [5, 5.41) is 12.4. The number of anilines is 1. The lowest BCUT2D eigenvalue weighted by Gasteiger charge is -2.08. The molecule has 0 bridgehead atoms. The molecule has 134 valence electrons.